The third-order valence-corrected chi connectivity index (χ3v) is 3.64. The van der Waals surface area contributed by atoms with Crippen LogP contribution in [0.25, 0.3) is 0 Å². The molecule has 0 spiro atoms. The second-order valence-corrected chi connectivity index (χ2v) is 5.97. The molecule has 0 radical (unpaired) electrons. The molecular formula is C11H17BrN4O2. The van der Waals surface area contributed by atoms with Crippen molar-refractivity contribution in [2.75, 3.05) is 18.4 Å². The minimum atomic E-state index is -0.730. The molecule has 0 saturated carbocycles. The predicted molar refractivity (Wildman–Crippen MR) is 71.3 cm³/mol. The van der Waals surface area contributed by atoms with E-state index >= 15 is 0 Å². The fraction of sp³-hybridized carbons (Fsp3) is 0.636. The third kappa shape index (κ3) is 2.67. The van der Waals surface area contributed by atoms with E-state index in [4.69, 9.17) is 0 Å². The number of aliphatic hydroxyl groups is 1. The van der Waals surface area contributed by atoms with Gasteiger partial charge in [0, 0.05) is 32.1 Å². The topological polar surface area (TPSA) is 70.4 Å². The summed E-state index contributed by atoms with van der Waals surface area (Å²) in [5, 5.41) is 16.7. The Morgan fingerprint density at radius 1 is 1.61 bits per heavy atom. The van der Waals surface area contributed by atoms with Gasteiger partial charge >= 0.3 is 6.03 Å². The van der Waals surface area contributed by atoms with Gasteiger partial charge in [0.05, 0.1) is 5.60 Å². The number of halogens is 1. The number of aromatic nitrogens is 2. The van der Waals surface area contributed by atoms with Crippen molar-refractivity contribution in [3.8, 4) is 0 Å². The first kappa shape index (κ1) is 13.4. The molecule has 1 saturated heterocycles. The lowest BCUT2D eigenvalue weighted by Gasteiger charge is -2.44. The molecule has 1 aliphatic heterocycles. The Morgan fingerprint density at radius 2 is 2.22 bits per heavy atom. The second-order valence-electron chi connectivity index (χ2n) is 5.16. The first-order valence-corrected chi connectivity index (χ1v) is 6.54. The van der Waals surface area contributed by atoms with Gasteiger partial charge in [-0.05, 0) is 29.8 Å². The fourth-order valence-corrected chi connectivity index (χ4v) is 2.28. The Labute approximate surface area is 114 Å². The van der Waals surface area contributed by atoms with E-state index in [-0.39, 0.29) is 11.9 Å². The van der Waals surface area contributed by atoms with Crippen LogP contribution in [-0.2, 0) is 7.05 Å². The summed E-state index contributed by atoms with van der Waals surface area (Å²) < 4.78 is 2.27. The third-order valence-electron chi connectivity index (χ3n) is 3.25. The van der Waals surface area contributed by atoms with E-state index in [2.05, 4.69) is 26.3 Å². The zero-order chi connectivity index (χ0) is 13.5. The van der Waals surface area contributed by atoms with Gasteiger partial charge in [0.25, 0.3) is 0 Å². The summed E-state index contributed by atoms with van der Waals surface area (Å²) in [7, 11) is 1.76. The molecule has 100 valence electrons. The zero-order valence-corrected chi connectivity index (χ0v) is 12.2. The molecule has 1 aliphatic rings. The van der Waals surface area contributed by atoms with Gasteiger partial charge < -0.3 is 10.0 Å². The maximum atomic E-state index is 11.9. The predicted octanol–water partition coefficient (Wildman–Crippen LogP) is 1.42. The molecular weight excluding hydrogens is 300 g/mol. The SMILES string of the molecule is Cn1nc(Br)cc1NC(=O)N1CC(C(C)(C)O)C1. The molecule has 0 atom stereocenters. The summed E-state index contributed by atoms with van der Waals surface area (Å²) in [6.07, 6.45) is 0. The largest absolute Gasteiger partial charge is 0.390 e. The second kappa shape index (κ2) is 4.55. The summed E-state index contributed by atoms with van der Waals surface area (Å²) in [6.45, 7) is 4.69. The number of anilines is 1. The lowest BCUT2D eigenvalue weighted by molar-refractivity contribution is -0.0440. The van der Waals surface area contributed by atoms with Gasteiger partial charge in [-0.15, -0.1) is 0 Å². The number of likely N-dealkylation sites (tertiary alicyclic amines) is 1. The van der Waals surface area contributed by atoms with Crippen molar-refractivity contribution < 1.29 is 9.90 Å². The van der Waals surface area contributed by atoms with E-state index in [1.165, 1.54) is 0 Å². The molecule has 0 aliphatic carbocycles. The average molecular weight is 317 g/mol. The van der Waals surface area contributed by atoms with Crippen LogP contribution in [0.3, 0.4) is 0 Å². The molecule has 7 heteroatoms. The Balaban J connectivity index is 1.90. The van der Waals surface area contributed by atoms with Crippen LogP contribution in [0.1, 0.15) is 13.8 Å². The summed E-state index contributed by atoms with van der Waals surface area (Å²) in [6, 6.07) is 1.58. The average Bonchev–Trinajstić information content (AvgIpc) is 2.39. The first-order valence-electron chi connectivity index (χ1n) is 5.75. The normalized spacial score (nSPS) is 16.6. The standard InChI is InChI=1S/C11H17BrN4O2/c1-11(2,18)7-5-16(6-7)10(17)13-9-4-8(12)14-15(9)3/h4,7,18H,5-6H2,1-3H3,(H,13,17). The number of urea groups is 1. The van der Waals surface area contributed by atoms with E-state index in [9.17, 15) is 9.90 Å². The lowest BCUT2D eigenvalue weighted by atomic mass is 9.85. The molecule has 1 aromatic heterocycles. The van der Waals surface area contributed by atoms with E-state index < -0.39 is 5.60 Å². The van der Waals surface area contributed by atoms with E-state index in [0.29, 0.717) is 23.5 Å². The van der Waals surface area contributed by atoms with Gasteiger partial charge in [-0.3, -0.25) is 10.00 Å². The van der Waals surface area contributed by atoms with Crippen molar-refractivity contribution in [3.63, 3.8) is 0 Å². The van der Waals surface area contributed by atoms with E-state index in [1.807, 2.05) is 0 Å². The smallest absolute Gasteiger partial charge is 0.323 e. The number of carbonyl (C=O) groups is 1. The van der Waals surface area contributed by atoms with Crippen molar-refractivity contribution >= 4 is 27.8 Å². The fourth-order valence-electron chi connectivity index (χ4n) is 1.83. The van der Waals surface area contributed by atoms with Crippen molar-refractivity contribution in [2.24, 2.45) is 13.0 Å². The highest BCUT2D eigenvalue weighted by Crippen LogP contribution is 2.27. The minimum absolute atomic E-state index is 0.140. The summed E-state index contributed by atoms with van der Waals surface area (Å²) in [5.74, 6) is 0.778. The van der Waals surface area contributed by atoms with Crippen molar-refractivity contribution in [3.05, 3.63) is 10.7 Å². The number of rotatable bonds is 2. The van der Waals surface area contributed by atoms with Crippen molar-refractivity contribution in [1.82, 2.24) is 14.7 Å². The highest BCUT2D eigenvalue weighted by Gasteiger charge is 2.39. The molecule has 2 rings (SSSR count). The molecule has 2 N–H and O–H groups in total. The van der Waals surface area contributed by atoms with Gasteiger partial charge in [-0.2, -0.15) is 5.10 Å². The highest BCUT2D eigenvalue weighted by molar-refractivity contribution is 9.10. The van der Waals surface area contributed by atoms with E-state index in [0.717, 1.165) is 0 Å². The number of aryl methyl sites for hydroxylation is 1. The summed E-state index contributed by atoms with van der Waals surface area (Å²) >= 11 is 3.25. The van der Waals surface area contributed by atoms with Crippen LogP contribution in [0.4, 0.5) is 10.6 Å². The number of hydrogen-bond acceptors (Lipinski definition) is 3. The van der Waals surface area contributed by atoms with Gasteiger partial charge in [0.2, 0.25) is 0 Å². The maximum absolute atomic E-state index is 11.9. The van der Waals surface area contributed by atoms with Crippen LogP contribution < -0.4 is 5.32 Å². The quantitative estimate of drug-likeness (QED) is 0.867. The van der Waals surface area contributed by atoms with Crippen LogP contribution >= 0.6 is 15.9 Å². The molecule has 1 fully saturated rings. The number of carbonyl (C=O) groups excluding carboxylic acids is 1. The van der Waals surface area contributed by atoms with Gasteiger partial charge in [-0.25, -0.2) is 4.79 Å². The maximum Gasteiger partial charge on any atom is 0.323 e. The van der Waals surface area contributed by atoms with Crippen LogP contribution in [0.5, 0.6) is 0 Å². The van der Waals surface area contributed by atoms with Crippen molar-refractivity contribution in [1.29, 1.82) is 0 Å². The van der Waals surface area contributed by atoms with Crippen LogP contribution in [0.2, 0.25) is 0 Å². The highest BCUT2D eigenvalue weighted by atomic mass is 79.9. The minimum Gasteiger partial charge on any atom is -0.390 e. The zero-order valence-electron chi connectivity index (χ0n) is 10.6. The molecule has 1 aromatic rings. The van der Waals surface area contributed by atoms with Crippen LogP contribution in [-0.4, -0.2) is 44.5 Å². The molecule has 18 heavy (non-hydrogen) atoms. The first-order chi connectivity index (χ1) is 8.27. The van der Waals surface area contributed by atoms with Gasteiger partial charge in [0.15, 0.2) is 0 Å². The Bertz CT molecular complexity index is 460. The Morgan fingerprint density at radius 3 is 2.67 bits per heavy atom. The monoisotopic (exact) mass is 316 g/mol. The number of hydrogen-bond donors (Lipinski definition) is 2. The molecule has 0 bridgehead atoms. The van der Waals surface area contributed by atoms with E-state index in [1.54, 1.807) is 36.5 Å². The number of nitrogens with one attached hydrogen (secondary N) is 1. The molecule has 2 amide bonds. The van der Waals surface area contributed by atoms with Gasteiger partial charge in [-0.1, -0.05) is 0 Å². The summed E-state index contributed by atoms with van der Waals surface area (Å²) in [5.41, 5.74) is -0.730. The number of nitrogens with zero attached hydrogens (tertiary/aromatic N) is 3. The molecule has 0 aromatic carbocycles. The Kier molecular flexibility index (Phi) is 3.37. The lowest BCUT2D eigenvalue weighted by Crippen LogP contribution is -2.58. The van der Waals surface area contributed by atoms with Crippen LogP contribution in [0.15, 0.2) is 10.7 Å². The van der Waals surface area contributed by atoms with Gasteiger partial charge in [0.1, 0.15) is 10.4 Å². The number of amides is 2. The molecule has 2 heterocycles. The molecule has 0 unspecified atom stereocenters. The molecule has 6 nitrogen and oxygen atoms in total. The van der Waals surface area contributed by atoms with Crippen LogP contribution in [0, 0.1) is 5.92 Å². The van der Waals surface area contributed by atoms with Crippen molar-refractivity contribution in [2.45, 2.75) is 19.4 Å². The summed E-state index contributed by atoms with van der Waals surface area (Å²) in [4.78, 5) is 13.6. The Hall–Kier alpha value is -1.08.